The van der Waals surface area contributed by atoms with Crippen LogP contribution in [0.2, 0.25) is 0 Å². The topological polar surface area (TPSA) is 29.5 Å². The van der Waals surface area contributed by atoms with Gasteiger partial charge in [-0.1, -0.05) is 32.9 Å². The maximum Gasteiger partial charge on any atom is 0.119 e. The predicted molar refractivity (Wildman–Crippen MR) is 62.3 cm³/mol. The predicted octanol–water partition coefficient (Wildman–Crippen LogP) is 2.74. The summed E-state index contributed by atoms with van der Waals surface area (Å²) in [7, 11) is 0. The van der Waals surface area contributed by atoms with Crippen LogP contribution in [0.15, 0.2) is 24.3 Å². The van der Waals surface area contributed by atoms with Gasteiger partial charge in [-0.25, -0.2) is 0 Å². The van der Waals surface area contributed by atoms with Crippen LogP contribution in [-0.2, 0) is 5.41 Å². The number of aliphatic hydroxyl groups excluding tert-OH is 1. The third-order valence-corrected chi connectivity index (χ3v) is 2.19. The van der Waals surface area contributed by atoms with Gasteiger partial charge < -0.3 is 9.84 Å². The molecule has 1 rings (SSSR count). The van der Waals surface area contributed by atoms with E-state index in [0.717, 1.165) is 5.75 Å². The van der Waals surface area contributed by atoms with Crippen LogP contribution >= 0.6 is 0 Å². The van der Waals surface area contributed by atoms with Crippen molar-refractivity contribution >= 4 is 0 Å². The van der Waals surface area contributed by atoms with E-state index in [-0.39, 0.29) is 5.41 Å². The molecule has 0 aliphatic heterocycles. The Kier molecular flexibility index (Phi) is 3.75. The molecule has 0 aliphatic rings. The number of hydrogen-bond donors (Lipinski definition) is 1. The van der Waals surface area contributed by atoms with E-state index < -0.39 is 6.10 Å². The Labute approximate surface area is 91.9 Å². The van der Waals surface area contributed by atoms with Gasteiger partial charge in [0.05, 0.1) is 6.10 Å². The molecule has 1 atom stereocenters. The Balaban J connectivity index is 2.75. The van der Waals surface area contributed by atoms with Crippen molar-refractivity contribution in [1.29, 1.82) is 0 Å². The van der Waals surface area contributed by atoms with Crippen LogP contribution in [0.5, 0.6) is 5.75 Å². The van der Waals surface area contributed by atoms with Crippen molar-refractivity contribution in [3.63, 3.8) is 0 Å². The van der Waals surface area contributed by atoms with Gasteiger partial charge in [-0.05, 0) is 30.0 Å². The number of hydrogen-bond acceptors (Lipinski definition) is 2. The molecule has 0 bridgehead atoms. The fourth-order valence-electron chi connectivity index (χ4n) is 1.27. The molecule has 1 aromatic carbocycles. The van der Waals surface area contributed by atoms with Crippen LogP contribution < -0.4 is 4.74 Å². The molecule has 0 fully saturated rings. The third-order valence-electron chi connectivity index (χ3n) is 2.19. The van der Waals surface area contributed by atoms with Crippen molar-refractivity contribution < 1.29 is 9.84 Å². The highest BCUT2D eigenvalue weighted by atomic mass is 16.5. The van der Waals surface area contributed by atoms with Crippen molar-refractivity contribution in [2.24, 2.45) is 0 Å². The molecule has 1 aromatic rings. The summed E-state index contributed by atoms with van der Waals surface area (Å²) in [4.78, 5) is 0. The van der Waals surface area contributed by atoms with Crippen LogP contribution in [0.1, 0.15) is 33.3 Å². The lowest BCUT2D eigenvalue weighted by Gasteiger charge is -2.20. The van der Waals surface area contributed by atoms with Gasteiger partial charge >= 0.3 is 0 Å². The Morgan fingerprint density at radius 3 is 2.53 bits per heavy atom. The summed E-state index contributed by atoms with van der Waals surface area (Å²) in [5, 5.41) is 9.12. The molecule has 0 radical (unpaired) electrons. The third kappa shape index (κ3) is 3.92. The second-order valence-corrected chi connectivity index (χ2v) is 4.94. The molecule has 0 spiro atoms. The Hall–Kier alpha value is -1.02. The van der Waals surface area contributed by atoms with E-state index in [0.29, 0.717) is 6.61 Å². The number of ether oxygens (including phenoxy) is 1. The van der Waals surface area contributed by atoms with E-state index in [1.807, 2.05) is 18.2 Å². The first-order valence-corrected chi connectivity index (χ1v) is 5.31. The van der Waals surface area contributed by atoms with Crippen molar-refractivity contribution in [3.05, 3.63) is 29.8 Å². The lowest BCUT2D eigenvalue weighted by atomic mass is 9.87. The fraction of sp³-hybridized carbons (Fsp3) is 0.538. The summed E-state index contributed by atoms with van der Waals surface area (Å²) in [6, 6.07) is 8.02. The first kappa shape index (κ1) is 12.1. The standard InChI is InChI=1S/C13H20O2/c1-10(14)9-15-12-7-5-6-11(8-12)13(2,3)4/h5-8,10,14H,9H2,1-4H3/t10-/m0/s1. The Morgan fingerprint density at radius 2 is 2.00 bits per heavy atom. The van der Waals surface area contributed by atoms with E-state index in [9.17, 15) is 0 Å². The number of rotatable bonds is 3. The summed E-state index contributed by atoms with van der Waals surface area (Å²) in [5.41, 5.74) is 1.37. The van der Waals surface area contributed by atoms with Crippen LogP contribution in [0.3, 0.4) is 0 Å². The molecule has 0 saturated heterocycles. The van der Waals surface area contributed by atoms with Gasteiger partial charge in [0, 0.05) is 0 Å². The summed E-state index contributed by atoms with van der Waals surface area (Å²) in [5.74, 6) is 0.823. The lowest BCUT2D eigenvalue weighted by Crippen LogP contribution is -2.14. The normalized spacial score (nSPS) is 13.7. The number of aliphatic hydroxyl groups is 1. The van der Waals surface area contributed by atoms with Gasteiger partial charge in [-0.3, -0.25) is 0 Å². The first-order valence-electron chi connectivity index (χ1n) is 5.31. The van der Waals surface area contributed by atoms with Crippen LogP contribution in [0.25, 0.3) is 0 Å². The van der Waals surface area contributed by atoms with Crippen molar-refractivity contribution in [2.75, 3.05) is 6.61 Å². The zero-order valence-electron chi connectivity index (χ0n) is 9.95. The molecule has 0 unspecified atom stereocenters. The van der Waals surface area contributed by atoms with E-state index >= 15 is 0 Å². The molecular weight excluding hydrogens is 188 g/mol. The summed E-state index contributed by atoms with van der Waals surface area (Å²) in [6.45, 7) is 8.56. The highest BCUT2D eigenvalue weighted by Crippen LogP contribution is 2.25. The maximum absolute atomic E-state index is 9.12. The minimum absolute atomic E-state index is 0.129. The van der Waals surface area contributed by atoms with E-state index in [1.54, 1.807) is 6.92 Å². The second kappa shape index (κ2) is 4.67. The quantitative estimate of drug-likeness (QED) is 0.827. The zero-order valence-corrected chi connectivity index (χ0v) is 9.95. The van der Waals surface area contributed by atoms with Crippen molar-refractivity contribution in [1.82, 2.24) is 0 Å². The van der Waals surface area contributed by atoms with Crippen LogP contribution in [0.4, 0.5) is 0 Å². The molecule has 2 heteroatoms. The average Bonchev–Trinajstić information content (AvgIpc) is 2.14. The van der Waals surface area contributed by atoms with Crippen LogP contribution in [0, 0.1) is 0 Å². The summed E-state index contributed by atoms with van der Waals surface area (Å²) >= 11 is 0. The molecule has 0 amide bonds. The van der Waals surface area contributed by atoms with Gasteiger partial charge in [0.25, 0.3) is 0 Å². The van der Waals surface area contributed by atoms with E-state index in [4.69, 9.17) is 9.84 Å². The van der Waals surface area contributed by atoms with Gasteiger partial charge in [0.1, 0.15) is 12.4 Å². The monoisotopic (exact) mass is 208 g/mol. The second-order valence-electron chi connectivity index (χ2n) is 4.94. The molecule has 2 nitrogen and oxygen atoms in total. The van der Waals surface area contributed by atoms with Gasteiger partial charge in [-0.15, -0.1) is 0 Å². The molecule has 0 heterocycles. The minimum atomic E-state index is -0.428. The highest BCUT2D eigenvalue weighted by molar-refractivity contribution is 5.32. The SMILES string of the molecule is C[C@H](O)COc1cccc(C(C)(C)C)c1. The highest BCUT2D eigenvalue weighted by Gasteiger charge is 2.13. The fourth-order valence-corrected chi connectivity index (χ4v) is 1.27. The van der Waals surface area contributed by atoms with Gasteiger partial charge in [0.2, 0.25) is 0 Å². The lowest BCUT2D eigenvalue weighted by molar-refractivity contribution is 0.122. The average molecular weight is 208 g/mol. The summed E-state index contributed by atoms with van der Waals surface area (Å²) < 4.78 is 5.45. The van der Waals surface area contributed by atoms with Gasteiger partial charge in [0.15, 0.2) is 0 Å². The molecule has 1 N–H and O–H groups in total. The molecule has 0 aromatic heterocycles. The molecular formula is C13H20O2. The largest absolute Gasteiger partial charge is 0.491 e. The first-order chi connectivity index (χ1) is 6.89. The minimum Gasteiger partial charge on any atom is -0.491 e. The zero-order chi connectivity index (χ0) is 11.5. The summed E-state index contributed by atoms with van der Waals surface area (Å²) in [6.07, 6.45) is -0.428. The molecule has 0 aliphatic carbocycles. The maximum atomic E-state index is 9.12. The van der Waals surface area contributed by atoms with Crippen LogP contribution in [-0.4, -0.2) is 17.8 Å². The molecule has 15 heavy (non-hydrogen) atoms. The van der Waals surface area contributed by atoms with Gasteiger partial charge in [-0.2, -0.15) is 0 Å². The van der Waals surface area contributed by atoms with E-state index in [2.05, 4.69) is 26.8 Å². The smallest absolute Gasteiger partial charge is 0.119 e. The van der Waals surface area contributed by atoms with Crippen molar-refractivity contribution in [2.45, 2.75) is 39.2 Å². The number of benzene rings is 1. The molecule has 84 valence electrons. The van der Waals surface area contributed by atoms with Crippen molar-refractivity contribution in [3.8, 4) is 5.75 Å². The van der Waals surface area contributed by atoms with E-state index in [1.165, 1.54) is 5.56 Å². The Morgan fingerprint density at radius 1 is 1.33 bits per heavy atom. The molecule has 0 saturated carbocycles. The Bertz CT molecular complexity index is 311.